The molecule has 0 amide bonds. The Kier molecular flexibility index (Phi) is 2.50. The molecule has 0 saturated heterocycles. The van der Waals surface area contributed by atoms with Gasteiger partial charge in [0.05, 0.1) is 11.2 Å². The Bertz CT molecular complexity index is 674. The van der Waals surface area contributed by atoms with Crippen molar-refractivity contribution < 1.29 is 0 Å². The van der Waals surface area contributed by atoms with Crippen LogP contribution in [0.2, 0.25) is 5.15 Å². The van der Waals surface area contributed by atoms with Gasteiger partial charge in [-0.15, -0.1) is 0 Å². The standard InChI is InChI=1S/C14H9ClN2/c15-13-8-2-7-12(17-13)11-6-1-4-10-5-3-9-16-14(10)11/h1-9H. The molecule has 0 fully saturated rings. The second-order valence-corrected chi connectivity index (χ2v) is 4.11. The zero-order valence-corrected chi connectivity index (χ0v) is 9.72. The Labute approximate surface area is 104 Å². The summed E-state index contributed by atoms with van der Waals surface area (Å²) < 4.78 is 0. The Morgan fingerprint density at radius 1 is 0.882 bits per heavy atom. The minimum absolute atomic E-state index is 0.496. The molecule has 0 N–H and O–H groups in total. The number of hydrogen-bond acceptors (Lipinski definition) is 2. The first-order chi connectivity index (χ1) is 8.34. The van der Waals surface area contributed by atoms with Gasteiger partial charge in [-0.3, -0.25) is 4.98 Å². The second kappa shape index (κ2) is 4.15. The van der Waals surface area contributed by atoms with Crippen LogP contribution < -0.4 is 0 Å². The fourth-order valence-corrected chi connectivity index (χ4v) is 2.03. The van der Waals surface area contributed by atoms with Crippen molar-refractivity contribution in [2.75, 3.05) is 0 Å². The average molecular weight is 241 g/mol. The molecule has 0 unspecified atom stereocenters. The zero-order valence-electron chi connectivity index (χ0n) is 8.97. The molecule has 2 nitrogen and oxygen atoms in total. The van der Waals surface area contributed by atoms with Crippen LogP contribution in [0.1, 0.15) is 0 Å². The number of fused-ring (bicyclic) bond motifs is 1. The number of pyridine rings is 2. The van der Waals surface area contributed by atoms with Crippen molar-refractivity contribution in [2.24, 2.45) is 0 Å². The number of para-hydroxylation sites is 1. The maximum Gasteiger partial charge on any atom is 0.129 e. The first kappa shape index (κ1) is 10.2. The topological polar surface area (TPSA) is 25.8 Å². The van der Waals surface area contributed by atoms with E-state index in [1.165, 1.54) is 0 Å². The normalized spacial score (nSPS) is 10.6. The monoisotopic (exact) mass is 240 g/mol. The third kappa shape index (κ3) is 1.87. The highest BCUT2D eigenvalue weighted by molar-refractivity contribution is 6.29. The van der Waals surface area contributed by atoms with Crippen LogP contribution in [0.3, 0.4) is 0 Å². The third-order valence-electron chi connectivity index (χ3n) is 2.62. The summed E-state index contributed by atoms with van der Waals surface area (Å²) in [4.78, 5) is 8.72. The molecule has 1 aromatic carbocycles. The van der Waals surface area contributed by atoms with E-state index < -0.39 is 0 Å². The van der Waals surface area contributed by atoms with E-state index in [9.17, 15) is 0 Å². The van der Waals surface area contributed by atoms with Crippen LogP contribution in [0.4, 0.5) is 0 Å². The minimum atomic E-state index is 0.496. The molecule has 82 valence electrons. The Morgan fingerprint density at radius 3 is 2.59 bits per heavy atom. The Morgan fingerprint density at radius 2 is 1.71 bits per heavy atom. The molecule has 3 rings (SSSR count). The summed E-state index contributed by atoms with van der Waals surface area (Å²) in [6.45, 7) is 0. The van der Waals surface area contributed by atoms with Crippen LogP contribution in [0.5, 0.6) is 0 Å². The zero-order chi connectivity index (χ0) is 11.7. The lowest BCUT2D eigenvalue weighted by Gasteiger charge is -2.04. The number of hydrogen-bond donors (Lipinski definition) is 0. The molecule has 0 aliphatic carbocycles. The van der Waals surface area contributed by atoms with Crippen molar-refractivity contribution in [3.05, 3.63) is 59.9 Å². The Balaban J connectivity index is 2.30. The SMILES string of the molecule is Clc1cccc(-c2cccc3cccnc23)n1. The molecule has 0 radical (unpaired) electrons. The van der Waals surface area contributed by atoms with Gasteiger partial charge in [0, 0.05) is 17.1 Å². The van der Waals surface area contributed by atoms with Crippen molar-refractivity contribution in [3.8, 4) is 11.3 Å². The number of halogens is 1. The predicted octanol–water partition coefficient (Wildman–Crippen LogP) is 3.95. The summed E-state index contributed by atoms with van der Waals surface area (Å²) in [7, 11) is 0. The van der Waals surface area contributed by atoms with E-state index in [2.05, 4.69) is 9.97 Å². The largest absolute Gasteiger partial charge is 0.256 e. The van der Waals surface area contributed by atoms with Gasteiger partial charge in [-0.25, -0.2) is 4.98 Å². The summed E-state index contributed by atoms with van der Waals surface area (Å²) in [6, 6.07) is 15.6. The molecular formula is C14H9ClN2. The summed E-state index contributed by atoms with van der Waals surface area (Å²) in [5.41, 5.74) is 2.80. The number of benzene rings is 1. The van der Waals surface area contributed by atoms with Crippen molar-refractivity contribution in [2.45, 2.75) is 0 Å². The molecular weight excluding hydrogens is 232 g/mol. The van der Waals surface area contributed by atoms with Gasteiger partial charge in [-0.2, -0.15) is 0 Å². The predicted molar refractivity (Wildman–Crippen MR) is 70.0 cm³/mol. The molecule has 0 aliphatic heterocycles. The number of rotatable bonds is 1. The molecule has 0 bridgehead atoms. The second-order valence-electron chi connectivity index (χ2n) is 3.73. The highest BCUT2D eigenvalue weighted by atomic mass is 35.5. The van der Waals surface area contributed by atoms with Gasteiger partial charge in [0.2, 0.25) is 0 Å². The molecule has 2 aromatic heterocycles. The Hall–Kier alpha value is -1.93. The van der Waals surface area contributed by atoms with E-state index in [1.807, 2.05) is 42.5 Å². The van der Waals surface area contributed by atoms with Crippen LogP contribution in [-0.4, -0.2) is 9.97 Å². The van der Waals surface area contributed by atoms with Gasteiger partial charge in [-0.05, 0) is 18.2 Å². The fourth-order valence-electron chi connectivity index (χ4n) is 1.87. The molecule has 2 heterocycles. The highest BCUT2D eigenvalue weighted by Crippen LogP contribution is 2.26. The van der Waals surface area contributed by atoms with Crippen LogP contribution >= 0.6 is 11.6 Å². The first-order valence-corrected chi connectivity index (χ1v) is 5.69. The molecule has 0 atom stereocenters. The van der Waals surface area contributed by atoms with E-state index in [-0.39, 0.29) is 0 Å². The van der Waals surface area contributed by atoms with Gasteiger partial charge in [0.1, 0.15) is 5.15 Å². The van der Waals surface area contributed by atoms with E-state index in [1.54, 1.807) is 12.3 Å². The quantitative estimate of drug-likeness (QED) is 0.602. The lowest BCUT2D eigenvalue weighted by Crippen LogP contribution is -1.87. The van der Waals surface area contributed by atoms with Crippen molar-refractivity contribution in [1.82, 2.24) is 9.97 Å². The van der Waals surface area contributed by atoms with Crippen molar-refractivity contribution in [1.29, 1.82) is 0 Å². The molecule has 17 heavy (non-hydrogen) atoms. The van der Waals surface area contributed by atoms with E-state index in [0.29, 0.717) is 5.15 Å². The van der Waals surface area contributed by atoms with E-state index in [4.69, 9.17) is 11.6 Å². The molecule has 0 aliphatic rings. The van der Waals surface area contributed by atoms with Crippen molar-refractivity contribution >= 4 is 22.5 Å². The summed E-state index contributed by atoms with van der Waals surface area (Å²) >= 11 is 5.91. The van der Waals surface area contributed by atoms with E-state index in [0.717, 1.165) is 22.2 Å². The molecule has 3 heteroatoms. The molecule has 0 saturated carbocycles. The lowest BCUT2D eigenvalue weighted by atomic mass is 10.1. The number of aromatic nitrogens is 2. The van der Waals surface area contributed by atoms with Gasteiger partial charge in [-0.1, -0.05) is 41.9 Å². The van der Waals surface area contributed by atoms with Crippen LogP contribution in [-0.2, 0) is 0 Å². The average Bonchev–Trinajstić information content (AvgIpc) is 2.38. The molecule has 3 aromatic rings. The first-order valence-electron chi connectivity index (χ1n) is 5.31. The smallest absolute Gasteiger partial charge is 0.129 e. The van der Waals surface area contributed by atoms with Gasteiger partial charge < -0.3 is 0 Å². The van der Waals surface area contributed by atoms with Crippen LogP contribution in [0, 0.1) is 0 Å². The van der Waals surface area contributed by atoms with E-state index >= 15 is 0 Å². The highest BCUT2D eigenvalue weighted by Gasteiger charge is 2.05. The summed E-state index contributed by atoms with van der Waals surface area (Å²) in [5.74, 6) is 0. The maximum atomic E-state index is 5.91. The number of nitrogens with zero attached hydrogens (tertiary/aromatic N) is 2. The van der Waals surface area contributed by atoms with Crippen LogP contribution in [0.25, 0.3) is 22.2 Å². The van der Waals surface area contributed by atoms with Gasteiger partial charge >= 0.3 is 0 Å². The molecule has 0 spiro atoms. The summed E-state index contributed by atoms with van der Waals surface area (Å²) in [6.07, 6.45) is 1.79. The van der Waals surface area contributed by atoms with Crippen molar-refractivity contribution in [3.63, 3.8) is 0 Å². The van der Waals surface area contributed by atoms with Gasteiger partial charge in [0.25, 0.3) is 0 Å². The maximum absolute atomic E-state index is 5.91. The lowest BCUT2D eigenvalue weighted by molar-refractivity contribution is 1.32. The third-order valence-corrected chi connectivity index (χ3v) is 2.83. The summed E-state index contributed by atoms with van der Waals surface area (Å²) in [5, 5.41) is 1.60. The fraction of sp³-hybridized carbons (Fsp3) is 0. The minimum Gasteiger partial charge on any atom is -0.256 e. The van der Waals surface area contributed by atoms with Gasteiger partial charge in [0.15, 0.2) is 0 Å². The van der Waals surface area contributed by atoms with Crippen LogP contribution in [0.15, 0.2) is 54.7 Å².